The molecule has 0 radical (unpaired) electrons. The Morgan fingerprint density at radius 1 is 1.35 bits per heavy atom. The third-order valence-electron chi connectivity index (χ3n) is 3.48. The molecule has 0 fully saturated rings. The highest BCUT2D eigenvalue weighted by Gasteiger charge is 2.18. The summed E-state index contributed by atoms with van der Waals surface area (Å²) in [4.78, 5) is 16.6. The minimum absolute atomic E-state index is 0.0141. The van der Waals surface area contributed by atoms with Gasteiger partial charge in [0.15, 0.2) is 22.5 Å². The number of ether oxygens (including phenoxy) is 1. The van der Waals surface area contributed by atoms with Crippen LogP contribution < -0.4 is 15.4 Å². The summed E-state index contributed by atoms with van der Waals surface area (Å²) >= 11 is 5.91. The Balaban J connectivity index is 2.02. The van der Waals surface area contributed by atoms with E-state index < -0.39 is 12.9 Å². The molecule has 26 heavy (non-hydrogen) atoms. The number of methoxy groups -OCH3 is 1. The number of oxazole rings is 1. The summed E-state index contributed by atoms with van der Waals surface area (Å²) in [6.45, 7) is -0.962. The lowest BCUT2D eigenvalue weighted by molar-refractivity contribution is 0.0958. The number of nitrogens with one attached hydrogen (secondary N) is 2. The van der Waals surface area contributed by atoms with Crippen molar-refractivity contribution in [2.45, 2.75) is 6.92 Å². The third kappa shape index (κ3) is 3.45. The first-order valence-electron chi connectivity index (χ1n) is 8.90. The Morgan fingerprint density at radius 2 is 2.19 bits per heavy atom. The van der Waals surface area contributed by atoms with E-state index in [2.05, 4.69) is 20.5 Å². The number of halogens is 1. The fourth-order valence-electron chi connectivity index (χ4n) is 2.38. The molecule has 1 aromatic carbocycles. The summed E-state index contributed by atoms with van der Waals surface area (Å²) < 4.78 is 32.4. The molecule has 3 aromatic rings. The van der Waals surface area contributed by atoms with Crippen LogP contribution in [0.3, 0.4) is 0 Å². The number of aromatic nitrogens is 3. The molecule has 2 N–H and O–H groups in total. The van der Waals surface area contributed by atoms with E-state index in [4.69, 9.17) is 24.9 Å². The molecule has 3 rings (SSSR count). The molecule has 0 unspecified atom stereocenters. The van der Waals surface area contributed by atoms with E-state index in [9.17, 15) is 4.79 Å². The van der Waals surface area contributed by atoms with E-state index in [0.717, 1.165) is 0 Å². The van der Waals surface area contributed by atoms with Crippen molar-refractivity contribution < 1.29 is 18.1 Å². The van der Waals surface area contributed by atoms with Gasteiger partial charge >= 0.3 is 0 Å². The van der Waals surface area contributed by atoms with Crippen LogP contribution in [0.4, 0.5) is 11.4 Å². The molecule has 0 aliphatic heterocycles. The number of nitrogens with zero attached hydrogens (tertiary/aromatic N) is 3. The highest BCUT2D eigenvalue weighted by Crippen LogP contribution is 2.38. The van der Waals surface area contributed by atoms with Crippen LogP contribution in [0.5, 0.6) is 5.75 Å². The second-order valence-electron chi connectivity index (χ2n) is 5.15. The van der Waals surface area contributed by atoms with Gasteiger partial charge in [-0.1, -0.05) is 17.7 Å². The number of para-hydroxylation sites is 1. The van der Waals surface area contributed by atoms with Crippen molar-refractivity contribution in [3.05, 3.63) is 47.3 Å². The van der Waals surface area contributed by atoms with E-state index in [1.807, 2.05) is 5.32 Å². The third-order valence-corrected chi connectivity index (χ3v) is 3.66. The molecule has 0 atom stereocenters. The fourth-order valence-corrected chi connectivity index (χ4v) is 2.53. The number of benzene rings is 1. The topological polar surface area (TPSA) is 102 Å². The van der Waals surface area contributed by atoms with Crippen LogP contribution in [0.15, 0.2) is 34.9 Å². The van der Waals surface area contributed by atoms with Crippen molar-refractivity contribution in [2.75, 3.05) is 19.4 Å². The molecule has 8 nitrogen and oxygen atoms in total. The standard InChI is InChI=1S/C17H16ClN5O3/c1-9-20-13(8-26-9)10-5-4-6-11(16(10)25-3)21-12-7-14(18)22-23-15(12)17(24)19-2/h4-8H,1-3H3,(H,19,24)(H,21,22)/i2D3. The second-order valence-corrected chi connectivity index (χ2v) is 5.53. The maximum atomic E-state index is 12.3. The van der Waals surface area contributed by atoms with Gasteiger partial charge in [0.2, 0.25) is 0 Å². The molecule has 0 bridgehead atoms. The Morgan fingerprint density at radius 3 is 2.88 bits per heavy atom. The van der Waals surface area contributed by atoms with Gasteiger partial charge in [0.1, 0.15) is 12.0 Å². The fraction of sp³-hybridized carbons (Fsp3) is 0.176. The number of hydrogen-bond donors (Lipinski definition) is 2. The zero-order chi connectivity index (χ0) is 21.2. The summed E-state index contributed by atoms with van der Waals surface area (Å²) in [6, 6.07) is 6.61. The first-order valence-corrected chi connectivity index (χ1v) is 7.78. The van der Waals surface area contributed by atoms with Crippen LogP contribution in [0.2, 0.25) is 5.15 Å². The quantitative estimate of drug-likeness (QED) is 0.704. The Hall–Kier alpha value is -3.13. The molecule has 134 valence electrons. The largest absolute Gasteiger partial charge is 0.494 e. The first kappa shape index (κ1) is 14.1. The minimum Gasteiger partial charge on any atom is -0.494 e. The van der Waals surface area contributed by atoms with Crippen molar-refractivity contribution in [1.29, 1.82) is 0 Å². The van der Waals surface area contributed by atoms with Crippen molar-refractivity contribution in [3.63, 3.8) is 0 Å². The predicted octanol–water partition coefficient (Wildman–Crippen LogP) is 3.21. The Kier molecular flexibility index (Phi) is 4.01. The molecule has 0 saturated carbocycles. The molecule has 0 aliphatic rings. The first-order chi connectivity index (χ1) is 13.7. The van der Waals surface area contributed by atoms with E-state index in [0.29, 0.717) is 28.6 Å². The van der Waals surface area contributed by atoms with E-state index >= 15 is 0 Å². The van der Waals surface area contributed by atoms with Gasteiger partial charge in [0, 0.05) is 29.6 Å². The molecular formula is C17H16ClN5O3. The highest BCUT2D eigenvalue weighted by molar-refractivity contribution is 6.29. The molecular weight excluding hydrogens is 358 g/mol. The van der Waals surface area contributed by atoms with Crippen molar-refractivity contribution in [2.24, 2.45) is 0 Å². The number of hydrogen-bond acceptors (Lipinski definition) is 7. The normalized spacial score (nSPS) is 12.7. The molecule has 0 aliphatic carbocycles. The Labute approximate surface area is 158 Å². The van der Waals surface area contributed by atoms with Crippen LogP contribution in [0.1, 0.15) is 20.5 Å². The summed E-state index contributed by atoms with van der Waals surface area (Å²) in [6.07, 6.45) is 1.50. The average Bonchev–Trinajstić information content (AvgIpc) is 3.06. The van der Waals surface area contributed by atoms with Crippen LogP contribution in [0, 0.1) is 6.92 Å². The highest BCUT2D eigenvalue weighted by atomic mass is 35.5. The second kappa shape index (κ2) is 7.40. The summed E-state index contributed by atoms with van der Waals surface area (Å²) in [5, 5.41) is 12.2. The number of rotatable bonds is 5. The predicted molar refractivity (Wildman–Crippen MR) is 96.9 cm³/mol. The molecule has 1 amide bonds. The Bertz CT molecular complexity index is 1060. The van der Waals surface area contributed by atoms with Gasteiger partial charge in [-0.25, -0.2) is 4.98 Å². The van der Waals surface area contributed by atoms with Crippen LogP contribution in [-0.4, -0.2) is 35.2 Å². The van der Waals surface area contributed by atoms with E-state index in [-0.39, 0.29) is 16.5 Å². The molecule has 2 heterocycles. The molecule has 2 aromatic heterocycles. The summed E-state index contributed by atoms with van der Waals surface area (Å²) in [5.74, 6) is -0.0102. The zero-order valence-electron chi connectivity index (χ0n) is 16.8. The molecule has 0 spiro atoms. The van der Waals surface area contributed by atoms with Crippen LogP contribution in [0.25, 0.3) is 11.3 Å². The zero-order valence-corrected chi connectivity index (χ0v) is 14.6. The minimum atomic E-state index is -2.68. The van der Waals surface area contributed by atoms with Gasteiger partial charge in [-0.2, -0.15) is 0 Å². The van der Waals surface area contributed by atoms with Gasteiger partial charge < -0.3 is 19.8 Å². The molecule has 9 heteroatoms. The number of aryl methyl sites for hydroxylation is 1. The van der Waals surface area contributed by atoms with E-state index in [1.165, 1.54) is 19.4 Å². The number of carbonyl (C=O) groups is 1. The van der Waals surface area contributed by atoms with Crippen LogP contribution >= 0.6 is 11.6 Å². The SMILES string of the molecule is [2H]C([2H])([2H])NC(=O)c1nnc(Cl)cc1Nc1cccc(-c2coc(C)n2)c1OC. The van der Waals surface area contributed by atoms with Crippen molar-refractivity contribution in [3.8, 4) is 17.0 Å². The van der Waals surface area contributed by atoms with Gasteiger partial charge in [-0.05, 0) is 12.1 Å². The number of carbonyl (C=O) groups excluding carboxylic acids is 1. The van der Waals surface area contributed by atoms with E-state index in [1.54, 1.807) is 25.1 Å². The van der Waals surface area contributed by atoms with Gasteiger partial charge in [-0.15, -0.1) is 10.2 Å². The number of anilines is 2. The van der Waals surface area contributed by atoms with Gasteiger partial charge in [0.25, 0.3) is 5.91 Å². The van der Waals surface area contributed by atoms with Gasteiger partial charge in [0.05, 0.1) is 18.5 Å². The summed E-state index contributed by atoms with van der Waals surface area (Å²) in [7, 11) is 1.48. The van der Waals surface area contributed by atoms with Gasteiger partial charge in [-0.3, -0.25) is 4.79 Å². The maximum Gasteiger partial charge on any atom is 0.273 e. The monoisotopic (exact) mass is 376 g/mol. The van der Waals surface area contributed by atoms with Crippen LogP contribution in [-0.2, 0) is 0 Å². The lowest BCUT2D eigenvalue weighted by Gasteiger charge is -2.15. The lowest BCUT2D eigenvalue weighted by atomic mass is 10.1. The van der Waals surface area contributed by atoms with Crippen molar-refractivity contribution in [1.82, 2.24) is 20.5 Å². The number of amides is 1. The maximum absolute atomic E-state index is 12.3. The smallest absolute Gasteiger partial charge is 0.273 e. The molecule has 0 saturated heterocycles. The average molecular weight is 377 g/mol. The summed E-state index contributed by atoms with van der Waals surface area (Å²) in [5.41, 5.74) is 1.59. The lowest BCUT2D eigenvalue weighted by Crippen LogP contribution is -2.21. The van der Waals surface area contributed by atoms with Crippen molar-refractivity contribution >= 4 is 28.9 Å².